The van der Waals surface area contributed by atoms with Gasteiger partial charge >= 0.3 is 11.9 Å². The van der Waals surface area contributed by atoms with Gasteiger partial charge in [-0.1, -0.05) is 50.0 Å². The third kappa shape index (κ3) is 5.34. The third-order valence-corrected chi connectivity index (χ3v) is 4.35. The van der Waals surface area contributed by atoms with E-state index in [4.69, 9.17) is 4.74 Å². The lowest BCUT2D eigenvalue weighted by atomic mass is 9.83. The Morgan fingerprint density at radius 3 is 2.39 bits per heavy atom. The van der Waals surface area contributed by atoms with Crippen LogP contribution in [-0.4, -0.2) is 23.7 Å². The Bertz CT molecular complexity index is 600. The molecular formula is C18H25BrO4. The Hall–Kier alpha value is -1.36. The third-order valence-electron chi connectivity index (χ3n) is 3.53. The average molecular weight is 385 g/mol. The topological polar surface area (TPSA) is 63.6 Å². The van der Waals surface area contributed by atoms with Crippen molar-refractivity contribution >= 4 is 27.9 Å². The summed E-state index contributed by atoms with van der Waals surface area (Å²) in [5, 5.41) is 9.66. The maximum atomic E-state index is 12.3. The predicted molar refractivity (Wildman–Crippen MR) is 94.2 cm³/mol. The molecule has 5 heteroatoms. The smallest absolute Gasteiger partial charge is 0.339 e. The molecule has 0 aliphatic carbocycles. The van der Waals surface area contributed by atoms with Crippen molar-refractivity contribution in [2.75, 3.05) is 6.61 Å². The van der Waals surface area contributed by atoms with Crippen molar-refractivity contribution in [3.63, 3.8) is 0 Å². The predicted octanol–water partition coefficient (Wildman–Crippen LogP) is 5.00. The zero-order valence-electron chi connectivity index (χ0n) is 14.5. The maximum absolute atomic E-state index is 12.3. The fourth-order valence-corrected chi connectivity index (χ4v) is 2.81. The highest BCUT2D eigenvalue weighted by Crippen LogP contribution is 2.32. The summed E-state index contributed by atoms with van der Waals surface area (Å²) in [5.74, 6) is -1.67. The van der Waals surface area contributed by atoms with Gasteiger partial charge in [-0.05, 0) is 42.4 Å². The van der Waals surface area contributed by atoms with Crippen molar-refractivity contribution in [3.8, 4) is 0 Å². The van der Waals surface area contributed by atoms with Crippen molar-refractivity contribution in [3.05, 3.63) is 32.8 Å². The highest BCUT2D eigenvalue weighted by molar-refractivity contribution is 9.10. The highest BCUT2D eigenvalue weighted by atomic mass is 79.9. The summed E-state index contributed by atoms with van der Waals surface area (Å²) >= 11 is 3.44. The minimum atomic E-state index is -1.10. The molecule has 0 spiro atoms. The molecule has 1 rings (SSSR count). The fraction of sp³-hybridized carbons (Fsp3) is 0.556. The molecule has 1 N–H and O–H groups in total. The molecule has 0 amide bonds. The van der Waals surface area contributed by atoms with E-state index in [2.05, 4.69) is 15.9 Å². The quantitative estimate of drug-likeness (QED) is 0.553. The Balaban J connectivity index is 3.40. The van der Waals surface area contributed by atoms with Crippen LogP contribution in [0, 0.1) is 12.3 Å². The molecule has 0 saturated heterocycles. The van der Waals surface area contributed by atoms with Crippen LogP contribution >= 0.6 is 15.9 Å². The summed E-state index contributed by atoms with van der Waals surface area (Å²) in [5.41, 5.74) is 1.61. The number of esters is 1. The van der Waals surface area contributed by atoms with E-state index in [0.717, 1.165) is 22.9 Å². The van der Waals surface area contributed by atoms with E-state index in [9.17, 15) is 14.7 Å². The van der Waals surface area contributed by atoms with Gasteiger partial charge in [-0.25, -0.2) is 9.59 Å². The monoisotopic (exact) mass is 384 g/mol. The first-order chi connectivity index (χ1) is 10.6. The van der Waals surface area contributed by atoms with Crippen molar-refractivity contribution in [2.24, 2.45) is 5.41 Å². The lowest BCUT2D eigenvalue weighted by Gasteiger charge is -2.23. The zero-order valence-corrected chi connectivity index (χ0v) is 16.0. The van der Waals surface area contributed by atoms with E-state index >= 15 is 0 Å². The number of rotatable bonds is 6. The minimum Gasteiger partial charge on any atom is -0.478 e. The van der Waals surface area contributed by atoms with Gasteiger partial charge in [0.2, 0.25) is 0 Å². The first-order valence-electron chi connectivity index (χ1n) is 7.81. The molecule has 23 heavy (non-hydrogen) atoms. The normalized spacial score (nSPS) is 11.4. The number of carbonyl (C=O) groups is 2. The number of hydrogen-bond donors (Lipinski definition) is 1. The van der Waals surface area contributed by atoms with Crippen molar-refractivity contribution in [2.45, 2.75) is 53.9 Å². The molecule has 0 fully saturated rings. The van der Waals surface area contributed by atoms with Crippen LogP contribution in [0.4, 0.5) is 0 Å². The first-order valence-corrected chi connectivity index (χ1v) is 8.60. The second-order valence-electron chi connectivity index (χ2n) is 6.92. The molecule has 0 heterocycles. The molecule has 0 aromatic heterocycles. The molecule has 0 aliphatic heterocycles. The van der Waals surface area contributed by atoms with Crippen LogP contribution in [0.25, 0.3) is 0 Å². The van der Waals surface area contributed by atoms with Crippen LogP contribution in [-0.2, 0) is 11.2 Å². The minimum absolute atomic E-state index is 0.0575. The second kappa shape index (κ2) is 7.95. The average Bonchev–Trinajstić information content (AvgIpc) is 2.41. The Morgan fingerprint density at radius 2 is 1.91 bits per heavy atom. The largest absolute Gasteiger partial charge is 0.478 e. The van der Waals surface area contributed by atoms with Gasteiger partial charge in [0.1, 0.15) is 0 Å². The summed E-state index contributed by atoms with van der Waals surface area (Å²) in [6.45, 7) is 10.3. The molecule has 0 bridgehead atoms. The number of hydrogen-bond acceptors (Lipinski definition) is 3. The molecule has 0 saturated carbocycles. The van der Waals surface area contributed by atoms with Gasteiger partial charge in [-0.3, -0.25) is 0 Å². The van der Waals surface area contributed by atoms with Crippen molar-refractivity contribution in [1.29, 1.82) is 0 Å². The van der Waals surface area contributed by atoms with E-state index in [1.165, 1.54) is 0 Å². The summed E-state index contributed by atoms with van der Waals surface area (Å²) in [7, 11) is 0. The molecule has 1 aromatic carbocycles. The van der Waals surface area contributed by atoms with E-state index in [-0.39, 0.29) is 16.5 Å². The summed E-state index contributed by atoms with van der Waals surface area (Å²) in [6.07, 6.45) is 2.23. The van der Waals surface area contributed by atoms with Gasteiger partial charge in [0.05, 0.1) is 17.7 Å². The van der Waals surface area contributed by atoms with E-state index < -0.39 is 11.9 Å². The molecule has 1 aromatic rings. The Morgan fingerprint density at radius 1 is 1.30 bits per heavy atom. The lowest BCUT2D eigenvalue weighted by molar-refractivity contribution is 0.0488. The number of ether oxygens (including phenoxy) is 1. The maximum Gasteiger partial charge on any atom is 0.339 e. The van der Waals surface area contributed by atoms with Crippen LogP contribution in [0.15, 0.2) is 10.5 Å². The van der Waals surface area contributed by atoms with Crippen LogP contribution in [0.1, 0.15) is 72.4 Å². The molecule has 128 valence electrons. The van der Waals surface area contributed by atoms with Gasteiger partial charge in [-0.15, -0.1) is 0 Å². The molecule has 0 radical (unpaired) electrons. The standard InChI is InChI=1S/C18H25BrO4/c1-6-7-8-23-17(22)12-9-14(19)11(2)13(10-18(3,4)5)15(12)16(20)21/h9H,6-8,10H2,1-5H3,(H,20,21). The van der Waals surface area contributed by atoms with Gasteiger partial charge < -0.3 is 9.84 Å². The summed E-state index contributed by atoms with van der Waals surface area (Å²) < 4.78 is 5.94. The van der Waals surface area contributed by atoms with E-state index in [0.29, 0.717) is 18.6 Å². The Kier molecular flexibility index (Phi) is 6.81. The number of unbranched alkanes of at least 4 members (excludes halogenated alkanes) is 1. The zero-order chi connectivity index (χ0) is 17.8. The number of carboxylic acid groups (broad SMARTS) is 1. The highest BCUT2D eigenvalue weighted by Gasteiger charge is 2.27. The van der Waals surface area contributed by atoms with E-state index in [1.54, 1.807) is 6.07 Å². The molecule has 4 nitrogen and oxygen atoms in total. The van der Waals surface area contributed by atoms with Gasteiger partial charge in [0, 0.05) is 4.47 Å². The van der Waals surface area contributed by atoms with Gasteiger partial charge in [-0.2, -0.15) is 0 Å². The molecule has 0 unspecified atom stereocenters. The summed E-state index contributed by atoms with van der Waals surface area (Å²) in [6, 6.07) is 1.55. The van der Waals surface area contributed by atoms with Crippen LogP contribution < -0.4 is 0 Å². The van der Waals surface area contributed by atoms with E-state index in [1.807, 2.05) is 34.6 Å². The molecular weight excluding hydrogens is 360 g/mol. The van der Waals surface area contributed by atoms with Crippen molar-refractivity contribution < 1.29 is 19.4 Å². The van der Waals surface area contributed by atoms with Crippen LogP contribution in [0.5, 0.6) is 0 Å². The first kappa shape index (κ1) is 19.7. The van der Waals surface area contributed by atoms with Crippen LogP contribution in [0.3, 0.4) is 0 Å². The van der Waals surface area contributed by atoms with Crippen molar-refractivity contribution in [1.82, 2.24) is 0 Å². The number of carboxylic acids is 1. The Labute approximate surface area is 146 Å². The lowest BCUT2D eigenvalue weighted by Crippen LogP contribution is -2.19. The summed E-state index contributed by atoms with van der Waals surface area (Å²) in [4.78, 5) is 24.1. The molecule has 0 atom stereocenters. The number of aromatic carboxylic acids is 1. The van der Waals surface area contributed by atoms with Crippen LogP contribution in [0.2, 0.25) is 0 Å². The second-order valence-corrected chi connectivity index (χ2v) is 7.77. The number of benzene rings is 1. The van der Waals surface area contributed by atoms with Gasteiger partial charge in [0.25, 0.3) is 0 Å². The SMILES string of the molecule is CCCCOC(=O)c1cc(Br)c(C)c(CC(C)(C)C)c1C(=O)O. The molecule has 0 aliphatic rings. The fourth-order valence-electron chi connectivity index (χ4n) is 2.34. The number of carbonyl (C=O) groups excluding carboxylic acids is 1. The van der Waals surface area contributed by atoms with Gasteiger partial charge in [0.15, 0.2) is 0 Å². The number of halogens is 1.